The molecule has 0 aliphatic carbocycles. The molecule has 4 nitrogen and oxygen atoms in total. The summed E-state index contributed by atoms with van der Waals surface area (Å²) in [4.78, 5) is 1.14. The molecule has 2 aromatic rings. The smallest absolute Gasteiger partial charge is 0.127 e. The normalized spacial score (nSPS) is 11.7. The summed E-state index contributed by atoms with van der Waals surface area (Å²) >= 11 is 1.59. The molecule has 5 heteroatoms. The molecule has 0 bridgehead atoms. The molecule has 1 atom stereocenters. The van der Waals surface area contributed by atoms with E-state index in [1.54, 1.807) is 25.6 Å². The number of thiophene rings is 1. The Morgan fingerprint density at radius 2 is 2.10 bits per heavy atom. The summed E-state index contributed by atoms with van der Waals surface area (Å²) in [5.74, 6) is 1.58. The molecule has 0 amide bonds. The van der Waals surface area contributed by atoms with Crippen LogP contribution in [0.2, 0.25) is 0 Å². The lowest BCUT2D eigenvalue weighted by Gasteiger charge is -2.17. The van der Waals surface area contributed by atoms with Crippen molar-refractivity contribution in [3.05, 3.63) is 45.6 Å². The van der Waals surface area contributed by atoms with Crippen LogP contribution in [0.15, 0.2) is 29.6 Å². The van der Waals surface area contributed by atoms with E-state index in [4.69, 9.17) is 14.7 Å². The third kappa shape index (κ3) is 3.75. The van der Waals surface area contributed by atoms with Crippen LogP contribution in [0.1, 0.15) is 29.0 Å². The summed E-state index contributed by atoms with van der Waals surface area (Å²) in [5.41, 5.74) is 1.79. The first-order valence-corrected chi connectivity index (χ1v) is 7.48. The Bertz CT molecular complexity index is 646. The van der Waals surface area contributed by atoms with Crippen molar-refractivity contribution in [1.29, 1.82) is 5.26 Å². The van der Waals surface area contributed by atoms with Crippen LogP contribution in [0.5, 0.6) is 11.5 Å². The predicted molar refractivity (Wildman–Crippen MR) is 83.8 cm³/mol. The van der Waals surface area contributed by atoms with Gasteiger partial charge < -0.3 is 14.8 Å². The van der Waals surface area contributed by atoms with E-state index in [9.17, 15) is 0 Å². The molecule has 2 rings (SSSR count). The van der Waals surface area contributed by atoms with Crippen molar-refractivity contribution in [3.8, 4) is 17.6 Å². The Morgan fingerprint density at radius 3 is 2.71 bits per heavy atom. The topological polar surface area (TPSA) is 54.3 Å². The summed E-state index contributed by atoms with van der Waals surface area (Å²) in [6.07, 6.45) is 0. The quantitative estimate of drug-likeness (QED) is 0.887. The fraction of sp³-hybridized carbons (Fsp3) is 0.312. The molecule has 0 saturated carbocycles. The van der Waals surface area contributed by atoms with Crippen LogP contribution in [-0.2, 0) is 6.54 Å². The molecule has 0 saturated heterocycles. The summed E-state index contributed by atoms with van der Waals surface area (Å²) in [7, 11) is 3.29. The number of rotatable bonds is 6. The molecule has 1 heterocycles. The lowest BCUT2D eigenvalue weighted by molar-refractivity contribution is 0.386. The first-order chi connectivity index (χ1) is 10.2. The first kappa shape index (κ1) is 15.4. The van der Waals surface area contributed by atoms with E-state index in [-0.39, 0.29) is 6.04 Å². The summed E-state index contributed by atoms with van der Waals surface area (Å²) in [6, 6.07) is 10.0. The molecular weight excluding hydrogens is 284 g/mol. The second kappa shape index (κ2) is 7.11. The van der Waals surface area contributed by atoms with Gasteiger partial charge in [-0.15, -0.1) is 11.3 Å². The zero-order valence-electron chi connectivity index (χ0n) is 12.3. The molecule has 1 aromatic carbocycles. The van der Waals surface area contributed by atoms with Crippen LogP contribution in [0.25, 0.3) is 0 Å². The highest BCUT2D eigenvalue weighted by atomic mass is 32.1. The number of hydrogen-bond acceptors (Lipinski definition) is 5. The van der Waals surface area contributed by atoms with Gasteiger partial charge in [0.05, 0.1) is 19.8 Å². The van der Waals surface area contributed by atoms with Crippen LogP contribution in [0, 0.1) is 11.3 Å². The van der Waals surface area contributed by atoms with E-state index in [2.05, 4.69) is 18.3 Å². The lowest BCUT2D eigenvalue weighted by atomic mass is 10.1. The van der Waals surface area contributed by atoms with E-state index in [0.717, 1.165) is 28.5 Å². The third-order valence-electron chi connectivity index (χ3n) is 3.27. The Hall–Kier alpha value is -2.03. The third-order valence-corrected chi connectivity index (χ3v) is 4.21. The second-order valence-electron chi connectivity index (χ2n) is 4.62. The molecule has 0 spiro atoms. The fourth-order valence-corrected chi connectivity index (χ4v) is 2.83. The zero-order chi connectivity index (χ0) is 15.2. The van der Waals surface area contributed by atoms with Crippen molar-refractivity contribution < 1.29 is 9.47 Å². The molecule has 0 fully saturated rings. The second-order valence-corrected chi connectivity index (χ2v) is 5.62. The molecule has 0 aliphatic heterocycles. The van der Waals surface area contributed by atoms with Gasteiger partial charge in [0.25, 0.3) is 0 Å². The van der Waals surface area contributed by atoms with Crippen molar-refractivity contribution in [2.75, 3.05) is 14.2 Å². The molecule has 1 aromatic heterocycles. The molecule has 0 aliphatic rings. The van der Waals surface area contributed by atoms with E-state index in [1.807, 2.05) is 29.6 Å². The van der Waals surface area contributed by atoms with Gasteiger partial charge in [-0.2, -0.15) is 5.26 Å². The van der Waals surface area contributed by atoms with E-state index >= 15 is 0 Å². The molecule has 0 radical (unpaired) electrons. The lowest BCUT2D eigenvalue weighted by Crippen LogP contribution is -2.18. The number of nitrogens with zero attached hydrogens (tertiary/aromatic N) is 1. The maximum Gasteiger partial charge on any atom is 0.127 e. The highest BCUT2D eigenvalue weighted by Gasteiger charge is 2.12. The zero-order valence-corrected chi connectivity index (χ0v) is 13.2. The minimum atomic E-state index is 0.137. The highest BCUT2D eigenvalue weighted by molar-refractivity contribution is 7.10. The molecule has 1 N–H and O–H groups in total. The number of nitrogens with one attached hydrogen (secondary N) is 1. The fourth-order valence-electron chi connectivity index (χ4n) is 2.07. The highest BCUT2D eigenvalue weighted by Crippen LogP contribution is 2.29. The van der Waals surface area contributed by atoms with E-state index < -0.39 is 0 Å². The van der Waals surface area contributed by atoms with Crippen LogP contribution in [-0.4, -0.2) is 14.2 Å². The predicted octanol–water partition coefficient (Wildman–Crippen LogP) is 3.49. The first-order valence-electron chi connectivity index (χ1n) is 6.60. The van der Waals surface area contributed by atoms with E-state index in [1.165, 1.54) is 0 Å². The average Bonchev–Trinajstić information content (AvgIpc) is 3.00. The van der Waals surface area contributed by atoms with Gasteiger partial charge in [-0.25, -0.2) is 0 Å². The monoisotopic (exact) mass is 302 g/mol. The maximum absolute atomic E-state index is 8.83. The average molecular weight is 302 g/mol. The van der Waals surface area contributed by atoms with Crippen LogP contribution >= 0.6 is 11.3 Å². The van der Waals surface area contributed by atoms with Crippen LogP contribution in [0.4, 0.5) is 0 Å². The van der Waals surface area contributed by atoms with Crippen molar-refractivity contribution in [2.45, 2.75) is 19.5 Å². The van der Waals surface area contributed by atoms with Crippen molar-refractivity contribution in [1.82, 2.24) is 5.32 Å². The molecule has 1 unspecified atom stereocenters. The molecule has 110 valence electrons. The van der Waals surface area contributed by atoms with Gasteiger partial charge in [0.2, 0.25) is 0 Å². The Kier molecular flexibility index (Phi) is 5.20. The molecular formula is C16H18N2O2S. The van der Waals surface area contributed by atoms with Gasteiger partial charge in [0.15, 0.2) is 0 Å². The minimum Gasteiger partial charge on any atom is -0.497 e. The number of ether oxygens (including phenoxy) is 2. The van der Waals surface area contributed by atoms with Crippen LogP contribution < -0.4 is 14.8 Å². The van der Waals surface area contributed by atoms with Gasteiger partial charge in [0, 0.05) is 34.5 Å². The van der Waals surface area contributed by atoms with Crippen molar-refractivity contribution in [3.63, 3.8) is 0 Å². The Labute approximate surface area is 128 Å². The van der Waals surface area contributed by atoms with Gasteiger partial charge in [0.1, 0.15) is 17.6 Å². The minimum absolute atomic E-state index is 0.137. The number of benzene rings is 1. The Morgan fingerprint density at radius 1 is 1.29 bits per heavy atom. The van der Waals surface area contributed by atoms with E-state index in [0.29, 0.717) is 5.56 Å². The summed E-state index contributed by atoms with van der Waals surface area (Å²) < 4.78 is 10.6. The molecule has 21 heavy (non-hydrogen) atoms. The number of nitriles is 1. The van der Waals surface area contributed by atoms with Gasteiger partial charge in [-0.1, -0.05) is 6.07 Å². The largest absolute Gasteiger partial charge is 0.497 e. The Balaban J connectivity index is 2.06. The summed E-state index contributed by atoms with van der Waals surface area (Å²) in [5, 5.41) is 14.1. The van der Waals surface area contributed by atoms with Gasteiger partial charge >= 0.3 is 0 Å². The van der Waals surface area contributed by atoms with Gasteiger partial charge in [-0.3, -0.25) is 0 Å². The maximum atomic E-state index is 8.83. The number of hydrogen-bond donors (Lipinski definition) is 1. The number of methoxy groups -OCH3 is 2. The standard InChI is InChI=1S/C16H18N2O2S/c1-11(18-9-14-6-12(8-17)10-21-14)15-5-4-13(19-2)7-16(15)20-3/h4-7,10-11,18H,9H2,1-3H3. The summed E-state index contributed by atoms with van der Waals surface area (Å²) in [6.45, 7) is 2.81. The van der Waals surface area contributed by atoms with Crippen LogP contribution in [0.3, 0.4) is 0 Å². The van der Waals surface area contributed by atoms with Gasteiger partial charge in [-0.05, 0) is 19.1 Å². The SMILES string of the molecule is COc1ccc(C(C)NCc2cc(C#N)cs2)c(OC)c1. The van der Waals surface area contributed by atoms with Crippen molar-refractivity contribution >= 4 is 11.3 Å². The van der Waals surface area contributed by atoms with Crippen molar-refractivity contribution in [2.24, 2.45) is 0 Å².